The molecule has 1 aliphatic heterocycles. The van der Waals surface area contributed by atoms with Crippen LogP contribution in [0.15, 0.2) is 66.9 Å². The Balaban J connectivity index is 1.58. The van der Waals surface area contributed by atoms with Crippen molar-refractivity contribution < 1.29 is 14.3 Å². The second-order valence-corrected chi connectivity index (χ2v) is 6.43. The number of carbonyl (C=O) groups excluding carboxylic acids is 2. The van der Waals surface area contributed by atoms with Crippen molar-refractivity contribution in [1.29, 1.82) is 0 Å². The lowest BCUT2D eigenvalue weighted by Crippen LogP contribution is -2.19. The second-order valence-electron chi connectivity index (χ2n) is 6.43. The molecule has 0 aliphatic carbocycles. The summed E-state index contributed by atoms with van der Waals surface area (Å²) in [7, 11) is 1.30. The number of aromatic nitrogens is 1. The molecule has 1 amide bonds. The molecule has 1 aromatic heterocycles. The fourth-order valence-corrected chi connectivity index (χ4v) is 3.36. The van der Waals surface area contributed by atoms with E-state index in [9.17, 15) is 9.59 Å². The number of fused-ring (bicyclic) bond motifs is 1. The number of pyridine rings is 1. The van der Waals surface area contributed by atoms with Crippen LogP contribution in [0.1, 0.15) is 26.4 Å². The van der Waals surface area contributed by atoms with E-state index in [0.29, 0.717) is 11.3 Å². The quantitative estimate of drug-likeness (QED) is 0.704. The number of esters is 1. The fraction of sp³-hybridized carbons (Fsp3) is 0.136. The van der Waals surface area contributed by atoms with Crippen LogP contribution in [0.25, 0.3) is 0 Å². The van der Waals surface area contributed by atoms with Gasteiger partial charge >= 0.3 is 5.97 Å². The lowest BCUT2D eigenvalue weighted by atomic mass is 10.1. The summed E-state index contributed by atoms with van der Waals surface area (Å²) >= 11 is 0. The molecule has 0 saturated heterocycles. The highest BCUT2D eigenvalue weighted by Crippen LogP contribution is 2.38. The standard InChI is InChI=1S/C22H19N3O3/c1-28-22(27)16-10-11-18(23-14-16)21(26)24-17-7-3-5-9-20(17)25-13-12-15-6-2-4-8-19(15)25/h2-11,14H,12-13H2,1H3,(H,24,26). The predicted molar refractivity (Wildman–Crippen MR) is 107 cm³/mol. The number of methoxy groups -OCH3 is 1. The minimum absolute atomic E-state index is 0.226. The van der Waals surface area contributed by atoms with Gasteiger partial charge in [0.2, 0.25) is 0 Å². The van der Waals surface area contributed by atoms with Gasteiger partial charge in [0, 0.05) is 18.4 Å². The average Bonchev–Trinajstić information content (AvgIpc) is 3.17. The molecule has 4 rings (SSSR count). The lowest BCUT2D eigenvalue weighted by Gasteiger charge is -2.23. The minimum Gasteiger partial charge on any atom is -0.465 e. The number of hydrogen-bond donors (Lipinski definition) is 1. The zero-order chi connectivity index (χ0) is 19.5. The number of rotatable bonds is 4. The van der Waals surface area contributed by atoms with Gasteiger partial charge in [0.1, 0.15) is 5.69 Å². The van der Waals surface area contributed by atoms with Gasteiger partial charge in [-0.15, -0.1) is 0 Å². The number of anilines is 3. The molecule has 0 fully saturated rings. The second kappa shape index (κ2) is 7.52. The van der Waals surface area contributed by atoms with E-state index >= 15 is 0 Å². The third kappa shape index (κ3) is 3.32. The molecule has 28 heavy (non-hydrogen) atoms. The number of nitrogens with one attached hydrogen (secondary N) is 1. The minimum atomic E-state index is -0.488. The zero-order valence-electron chi connectivity index (χ0n) is 15.4. The monoisotopic (exact) mass is 373 g/mol. The van der Waals surface area contributed by atoms with Crippen molar-refractivity contribution in [1.82, 2.24) is 4.98 Å². The van der Waals surface area contributed by atoms with Gasteiger partial charge in [0.25, 0.3) is 5.91 Å². The molecule has 6 nitrogen and oxygen atoms in total. The van der Waals surface area contributed by atoms with Gasteiger partial charge in [0.05, 0.1) is 24.0 Å². The van der Waals surface area contributed by atoms with Crippen LogP contribution in [0.4, 0.5) is 17.1 Å². The number of benzene rings is 2. The summed E-state index contributed by atoms with van der Waals surface area (Å²) in [5.74, 6) is -0.825. The van der Waals surface area contributed by atoms with E-state index in [1.165, 1.54) is 31.0 Å². The van der Waals surface area contributed by atoms with Crippen molar-refractivity contribution >= 4 is 28.9 Å². The molecule has 0 saturated carbocycles. The first-order chi connectivity index (χ1) is 13.7. The van der Waals surface area contributed by atoms with Crippen LogP contribution in [0.2, 0.25) is 0 Å². The molecule has 0 atom stereocenters. The molecule has 140 valence electrons. The first kappa shape index (κ1) is 17.7. The van der Waals surface area contributed by atoms with E-state index in [4.69, 9.17) is 0 Å². The van der Waals surface area contributed by atoms with Gasteiger partial charge in [0.15, 0.2) is 0 Å². The van der Waals surface area contributed by atoms with Crippen LogP contribution in [0.3, 0.4) is 0 Å². The lowest BCUT2D eigenvalue weighted by molar-refractivity contribution is 0.0600. The smallest absolute Gasteiger partial charge is 0.339 e. The van der Waals surface area contributed by atoms with E-state index in [1.807, 2.05) is 36.4 Å². The molecule has 3 aromatic rings. The van der Waals surface area contributed by atoms with Crippen molar-refractivity contribution in [2.75, 3.05) is 23.9 Å². The third-order valence-electron chi connectivity index (χ3n) is 4.75. The van der Waals surface area contributed by atoms with E-state index in [2.05, 4.69) is 32.1 Å². The van der Waals surface area contributed by atoms with Crippen LogP contribution in [-0.4, -0.2) is 30.5 Å². The highest BCUT2D eigenvalue weighted by atomic mass is 16.5. The van der Waals surface area contributed by atoms with Crippen molar-refractivity contribution in [3.8, 4) is 0 Å². The van der Waals surface area contributed by atoms with Crippen molar-refractivity contribution in [2.45, 2.75) is 6.42 Å². The summed E-state index contributed by atoms with van der Waals surface area (Å²) < 4.78 is 4.65. The van der Waals surface area contributed by atoms with Gasteiger partial charge in [-0.25, -0.2) is 4.79 Å². The average molecular weight is 373 g/mol. The Kier molecular flexibility index (Phi) is 4.76. The fourth-order valence-electron chi connectivity index (χ4n) is 3.36. The van der Waals surface area contributed by atoms with Crippen LogP contribution >= 0.6 is 0 Å². The van der Waals surface area contributed by atoms with Gasteiger partial charge in [-0.3, -0.25) is 9.78 Å². The van der Waals surface area contributed by atoms with Gasteiger partial charge in [-0.05, 0) is 42.3 Å². The Hall–Kier alpha value is -3.67. The molecule has 0 spiro atoms. The Labute approximate surface area is 162 Å². The molecule has 1 aliphatic rings. The molecule has 0 radical (unpaired) electrons. The number of nitrogens with zero attached hydrogens (tertiary/aromatic N) is 2. The Morgan fingerprint density at radius 3 is 2.50 bits per heavy atom. The zero-order valence-corrected chi connectivity index (χ0v) is 15.4. The molecule has 0 bridgehead atoms. The number of para-hydroxylation sites is 3. The van der Waals surface area contributed by atoms with E-state index in [-0.39, 0.29) is 11.6 Å². The summed E-state index contributed by atoms with van der Waals surface area (Å²) in [6.45, 7) is 0.859. The van der Waals surface area contributed by atoms with Gasteiger partial charge in [-0.2, -0.15) is 0 Å². The highest BCUT2D eigenvalue weighted by Gasteiger charge is 2.22. The molecular weight excluding hydrogens is 354 g/mol. The summed E-state index contributed by atoms with van der Waals surface area (Å²) in [4.78, 5) is 30.5. The summed E-state index contributed by atoms with van der Waals surface area (Å²) in [6, 6.07) is 19.0. The number of ether oxygens (including phenoxy) is 1. The molecule has 2 aromatic carbocycles. The van der Waals surface area contributed by atoms with Crippen LogP contribution in [0, 0.1) is 0 Å². The van der Waals surface area contributed by atoms with E-state index in [0.717, 1.165) is 24.3 Å². The van der Waals surface area contributed by atoms with E-state index < -0.39 is 5.97 Å². The Morgan fingerprint density at radius 1 is 1.00 bits per heavy atom. The van der Waals surface area contributed by atoms with Crippen LogP contribution < -0.4 is 10.2 Å². The molecule has 2 heterocycles. The molecular formula is C22H19N3O3. The van der Waals surface area contributed by atoms with Gasteiger partial charge < -0.3 is 15.0 Å². The SMILES string of the molecule is COC(=O)c1ccc(C(=O)Nc2ccccc2N2CCc3ccccc32)nc1. The summed E-state index contributed by atoms with van der Waals surface area (Å²) in [5.41, 5.74) is 4.63. The Bertz CT molecular complexity index is 1030. The van der Waals surface area contributed by atoms with Crippen LogP contribution in [0.5, 0.6) is 0 Å². The Morgan fingerprint density at radius 2 is 1.75 bits per heavy atom. The maximum atomic E-state index is 12.7. The first-order valence-electron chi connectivity index (χ1n) is 8.97. The highest BCUT2D eigenvalue weighted by molar-refractivity contribution is 6.05. The summed E-state index contributed by atoms with van der Waals surface area (Å²) in [6.07, 6.45) is 2.30. The number of carbonyl (C=O) groups is 2. The van der Waals surface area contributed by atoms with Crippen molar-refractivity contribution in [3.63, 3.8) is 0 Å². The van der Waals surface area contributed by atoms with Crippen molar-refractivity contribution in [2.24, 2.45) is 0 Å². The van der Waals surface area contributed by atoms with Crippen molar-refractivity contribution in [3.05, 3.63) is 83.7 Å². The topological polar surface area (TPSA) is 71.5 Å². The largest absolute Gasteiger partial charge is 0.465 e. The normalized spacial score (nSPS) is 12.4. The molecule has 1 N–H and O–H groups in total. The third-order valence-corrected chi connectivity index (χ3v) is 4.75. The summed E-state index contributed by atoms with van der Waals surface area (Å²) in [5, 5.41) is 2.94. The van der Waals surface area contributed by atoms with Gasteiger partial charge in [-0.1, -0.05) is 30.3 Å². The molecule has 0 unspecified atom stereocenters. The number of amides is 1. The number of hydrogen-bond acceptors (Lipinski definition) is 5. The molecule has 6 heteroatoms. The van der Waals surface area contributed by atoms with E-state index in [1.54, 1.807) is 0 Å². The first-order valence-corrected chi connectivity index (χ1v) is 8.97. The maximum Gasteiger partial charge on any atom is 0.339 e. The maximum absolute atomic E-state index is 12.7. The van der Waals surface area contributed by atoms with Crippen LogP contribution in [-0.2, 0) is 11.2 Å². The predicted octanol–water partition coefficient (Wildman–Crippen LogP) is 3.81.